The van der Waals surface area contributed by atoms with Gasteiger partial charge in [0.1, 0.15) is 0 Å². The van der Waals surface area contributed by atoms with Gasteiger partial charge in [-0.3, -0.25) is 9.78 Å². The highest BCUT2D eigenvalue weighted by Crippen LogP contribution is 2.34. The molecule has 0 aromatic carbocycles. The number of urea groups is 1. The van der Waals surface area contributed by atoms with Crippen LogP contribution < -0.4 is 10.2 Å². The zero-order chi connectivity index (χ0) is 21.8. The van der Waals surface area contributed by atoms with E-state index in [0.29, 0.717) is 13.0 Å². The minimum absolute atomic E-state index is 0.0250. The lowest BCUT2D eigenvalue weighted by Crippen LogP contribution is -2.55. The Labute approximate surface area is 165 Å². The summed E-state index contributed by atoms with van der Waals surface area (Å²) in [6.45, 7) is 4.60. The molecule has 11 heteroatoms. The summed E-state index contributed by atoms with van der Waals surface area (Å²) < 4.78 is 31.7. The summed E-state index contributed by atoms with van der Waals surface area (Å²) in [6.07, 6.45) is 0.369. The van der Waals surface area contributed by atoms with Gasteiger partial charge in [0.15, 0.2) is 0 Å². The molecule has 2 N–H and O–H groups in total. The van der Waals surface area contributed by atoms with Crippen LogP contribution in [0.25, 0.3) is 0 Å². The van der Waals surface area contributed by atoms with E-state index in [-0.39, 0.29) is 30.1 Å². The Balaban J connectivity index is 0.000000370. The van der Waals surface area contributed by atoms with Gasteiger partial charge in [-0.25, -0.2) is 9.59 Å². The quantitative estimate of drug-likeness (QED) is 0.771. The highest BCUT2D eigenvalue weighted by Gasteiger charge is 2.45. The third-order valence-electron chi connectivity index (χ3n) is 4.60. The summed E-state index contributed by atoms with van der Waals surface area (Å²) in [5, 5.41) is 10.1. The van der Waals surface area contributed by atoms with Gasteiger partial charge in [-0.1, -0.05) is 0 Å². The van der Waals surface area contributed by atoms with E-state index in [1.807, 2.05) is 35.8 Å². The summed E-state index contributed by atoms with van der Waals surface area (Å²) in [7, 11) is 0. The van der Waals surface area contributed by atoms with Gasteiger partial charge < -0.3 is 20.2 Å². The van der Waals surface area contributed by atoms with Crippen molar-refractivity contribution in [1.29, 1.82) is 0 Å². The fourth-order valence-corrected chi connectivity index (χ4v) is 3.48. The van der Waals surface area contributed by atoms with E-state index in [1.165, 1.54) is 0 Å². The Kier molecular flexibility index (Phi) is 7.04. The largest absolute Gasteiger partial charge is 0.490 e. The molecule has 0 bridgehead atoms. The third kappa shape index (κ3) is 5.58. The monoisotopic (exact) mass is 416 g/mol. The van der Waals surface area contributed by atoms with Crippen molar-refractivity contribution in [3.8, 4) is 0 Å². The number of aliphatic carboxylic acids is 1. The molecule has 3 amide bonds. The standard InChI is InChI=1S/C16H22N4O2.C2HF3O2/c1-11(2)18-16(22)19-9-7-14-13(19)5-6-15(21)20(14)12-4-3-8-17-10-12;3-2(4,5)1(6)7/h3-4,8,10-11,13-14H,5-7,9H2,1-2H3,(H,18,22);(H,6,7)/t13-,14-;/m0./s1. The first-order valence-corrected chi connectivity index (χ1v) is 9.11. The van der Waals surface area contributed by atoms with E-state index >= 15 is 0 Å². The van der Waals surface area contributed by atoms with Crippen LogP contribution in [-0.2, 0) is 9.59 Å². The summed E-state index contributed by atoms with van der Waals surface area (Å²) >= 11 is 0. The number of piperidine rings is 1. The molecule has 0 spiro atoms. The number of fused-ring (bicyclic) bond motifs is 1. The molecule has 0 unspecified atom stereocenters. The van der Waals surface area contributed by atoms with Crippen molar-refractivity contribution in [2.45, 2.75) is 57.4 Å². The molecule has 3 heterocycles. The number of anilines is 1. The maximum Gasteiger partial charge on any atom is 0.490 e. The third-order valence-corrected chi connectivity index (χ3v) is 4.60. The normalized spacial score (nSPS) is 21.4. The molecular formula is C18H23F3N4O4. The van der Waals surface area contributed by atoms with Crippen molar-refractivity contribution >= 4 is 23.6 Å². The van der Waals surface area contributed by atoms with Crippen molar-refractivity contribution < 1.29 is 32.7 Å². The molecule has 2 fully saturated rings. The molecular weight excluding hydrogens is 393 g/mol. The number of aromatic nitrogens is 1. The van der Waals surface area contributed by atoms with Crippen molar-refractivity contribution in [2.75, 3.05) is 11.4 Å². The molecule has 29 heavy (non-hydrogen) atoms. The number of nitrogens with one attached hydrogen (secondary N) is 1. The van der Waals surface area contributed by atoms with Crippen LogP contribution in [0.4, 0.5) is 23.7 Å². The van der Waals surface area contributed by atoms with E-state index in [9.17, 15) is 22.8 Å². The number of carboxylic acid groups (broad SMARTS) is 1. The molecule has 160 valence electrons. The number of pyridine rings is 1. The predicted octanol–water partition coefficient (Wildman–Crippen LogP) is 2.40. The second kappa shape index (κ2) is 9.10. The summed E-state index contributed by atoms with van der Waals surface area (Å²) in [6, 6.07) is 3.99. The van der Waals surface area contributed by atoms with Crippen LogP contribution in [0.3, 0.4) is 0 Å². The molecule has 1 aromatic rings. The lowest BCUT2D eigenvalue weighted by Gasteiger charge is -2.39. The van der Waals surface area contributed by atoms with Crippen LogP contribution in [0.5, 0.6) is 0 Å². The van der Waals surface area contributed by atoms with Crippen molar-refractivity contribution in [3.63, 3.8) is 0 Å². The lowest BCUT2D eigenvalue weighted by molar-refractivity contribution is -0.192. The number of alkyl halides is 3. The fourth-order valence-electron chi connectivity index (χ4n) is 3.48. The first kappa shape index (κ1) is 22.4. The number of carbonyl (C=O) groups excluding carboxylic acids is 2. The SMILES string of the molecule is CC(C)NC(=O)N1CC[C@H]2[C@@H]1CCC(=O)N2c1cccnc1.O=C(O)C(F)(F)F. The van der Waals surface area contributed by atoms with Gasteiger partial charge >= 0.3 is 18.2 Å². The van der Waals surface area contributed by atoms with E-state index in [2.05, 4.69) is 10.3 Å². The average molecular weight is 416 g/mol. The summed E-state index contributed by atoms with van der Waals surface area (Å²) in [5.41, 5.74) is 0.827. The Bertz CT molecular complexity index is 742. The second-order valence-electron chi connectivity index (χ2n) is 7.04. The highest BCUT2D eigenvalue weighted by molar-refractivity contribution is 5.95. The van der Waals surface area contributed by atoms with Gasteiger partial charge in [0, 0.05) is 25.2 Å². The number of halogens is 3. The van der Waals surface area contributed by atoms with Gasteiger partial charge in [0.2, 0.25) is 5.91 Å². The molecule has 0 aliphatic carbocycles. The Morgan fingerprint density at radius 3 is 2.45 bits per heavy atom. The van der Waals surface area contributed by atoms with Crippen LogP contribution in [0.2, 0.25) is 0 Å². The molecule has 2 aliphatic rings. The number of likely N-dealkylation sites (tertiary alicyclic amines) is 1. The van der Waals surface area contributed by atoms with Crippen LogP contribution in [-0.4, -0.2) is 63.7 Å². The summed E-state index contributed by atoms with van der Waals surface area (Å²) in [4.78, 5) is 41.4. The van der Waals surface area contributed by atoms with E-state index in [1.54, 1.807) is 12.4 Å². The number of rotatable bonds is 2. The fraction of sp³-hybridized carbons (Fsp3) is 0.556. The molecule has 2 aliphatic heterocycles. The highest BCUT2D eigenvalue weighted by atomic mass is 19.4. The van der Waals surface area contributed by atoms with E-state index in [0.717, 1.165) is 18.5 Å². The van der Waals surface area contributed by atoms with E-state index in [4.69, 9.17) is 9.90 Å². The number of nitrogens with zero attached hydrogens (tertiary/aromatic N) is 3. The smallest absolute Gasteiger partial charge is 0.475 e. The molecule has 2 saturated heterocycles. The average Bonchev–Trinajstić information content (AvgIpc) is 3.05. The molecule has 1 aromatic heterocycles. The first-order chi connectivity index (χ1) is 13.5. The Morgan fingerprint density at radius 2 is 1.93 bits per heavy atom. The van der Waals surface area contributed by atoms with Crippen LogP contribution in [0.1, 0.15) is 33.1 Å². The van der Waals surface area contributed by atoms with Crippen molar-refractivity contribution in [2.24, 2.45) is 0 Å². The number of carbonyl (C=O) groups is 3. The lowest BCUT2D eigenvalue weighted by atomic mass is 9.96. The number of carboxylic acids is 1. The number of hydrogen-bond donors (Lipinski definition) is 2. The van der Waals surface area contributed by atoms with Gasteiger partial charge in [-0.05, 0) is 38.8 Å². The van der Waals surface area contributed by atoms with Crippen LogP contribution in [0.15, 0.2) is 24.5 Å². The zero-order valence-corrected chi connectivity index (χ0v) is 16.0. The molecule has 3 rings (SSSR count). The van der Waals surface area contributed by atoms with E-state index < -0.39 is 12.1 Å². The second-order valence-corrected chi connectivity index (χ2v) is 7.04. The van der Waals surface area contributed by atoms with Crippen LogP contribution >= 0.6 is 0 Å². The van der Waals surface area contributed by atoms with Crippen LogP contribution in [0, 0.1) is 0 Å². The topological polar surface area (TPSA) is 103 Å². The maximum absolute atomic E-state index is 12.4. The Hall–Kier alpha value is -2.85. The minimum atomic E-state index is -5.08. The number of hydrogen-bond acceptors (Lipinski definition) is 4. The van der Waals surface area contributed by atoms with Gasteiger partial charge in [-0.15, -0.1) is 0 Å². The minimum Gasteiger partial charge on any atom is -0.475 e. The van der Waals surface area contributed by atoms with Crippen molar-refractivity contribution in [3.05, 3.63) is 24.5 Å². The van der Waals surface area contributed by atoms with Gasteiger partial charge in [-0.2, -0.15) is 13.2 Å². The van der Waals surface area contributed by atoms with Crippen molar-refractivity contribution in [1.82, 2.24) is 15.2 Å². The predicted molar refractivity (Wildman–Crippen MR) is 97.2 cm³/mol. The summed E-state index contributed by atoms with van der Waals surface area (Å²) in [5.74, 6) is -2.63. The zero-order valence-electron chi connectivity index (χ0n) is 16.0. The maximum atomic E-state index is 12.4. The molecule has 8 nitrogen and oxygen atoms in total. The first-order valence-electron chi connectivity index (χ1n) is 9.11. The molecule has 2 atom stereocenters. The Morgan fingerprint density at radius 1 is 1.28 bits per heavy atom. The molecule has 0 radical (unpaired) electrons. The number of amides is 3. The molecule has 0 saturated carbocycles. The van der Waals surface area contributed by atoms with Gasteiger partial charge in [0.25, 0.3) is 0 Å². The van der Waals surface area contributed by atoms with Gasteiger partial charge in [0.05, 0.1) is 24.0 Å².